The molecule has 0 unspecified atom stereocenters. The Bertz CT molecular complexity index is 644. The van der Waals surface area contributed by atoms with Gasteiger partial charge in [-0.15, -0.1) is 0 Å². The first-order chi connectivity index (χ1) is 9.27. The lowest BCUT2D eigenvalue weighted by Crippen LogP contribution is -2.07. The SMILES string of the molecule is Nc1ccc(Sc2ccc(Cl)c(Cl)c2)c(C(F)(F)F)c1. The van der Waals surface area contributed by atoms with E-state index in [1.54, 1.807) is 6.07 Å². The van der Waals surface area contributed by atoms with Crippen molar-refractivity contribution in [1.82, 2.24) is 0 Å². The smallest absolute Gasteiger partial charge is 0.399 e. The van der Waals surface area contributed by atoms with Gasteiger partial charge in [0.1, 0.15) is 0 Å². The molecule has 0 saturated heterocycles. The van der Waals surface area contributed by atoms with Crippen LogP contribution in [-0.4, -0.2) is 0 Å². The molecule has 0 aliphatic carbocycles. The minimum Gasteiger partial charge on any atom is -0.399 e. The van der Waals surface area contributed by atoms with E-state index in [1.807, 2.05) is 0 Å². The summed E-state index contributed by atoms with van der Waals surface area (Å²) in [6.07, 6.45) is -4.46. The van der Waals surface area contributed by atoms with Gasteiger partial charge in [-0.05, 0) is 36.4 Å². The van der Waals surface area contributed by atoms with Gasteiger partial charge in [0, 0.05) is 15.5 Å². The fourth-order valence-electron chi connectivity index (χ4n) is 1.53. The van der Waals surface area contributed by atoms with Crippen LogP contribution in [0.1, 0.15) is 5.56 Å². The molecule has 7 heteroatoms. The lowest BCUT2D eigenvalue weighted by molar-refractivity contribution is -0.139. The van der Waals surface area contributed by atoms with Crippen LogP contribution in [0.2, 0.25) is 10.0 Å². The predicted octanol–water partition coefficient (Wildman–Crippen LogP) is 5.75. The van der Waals surface area contributed by atoms with Gasteiger partial charge in [-0.25, -0.2) is 0 Å². The number of nitrogens with two attached hydrogens (primary N) is 1. The van der Waals surface area contributed by atoms with E-state index in [-0.39, 0.29) is 10.6 Å². The molecule has 20 heavy (non-hydrogen) atoms. The second kappa shape index (κ2) is 5.76. The zero-order chi connectivity index (χ0) is 14.9. The molecule has 0 aliphatic rings. The van der Waals surface area contributed by atoms with Gasteiger partial charge in [-0.1, -0.05) is 35.0 Å². The number of rotatable bonds is 2. The Morgan fingerprint density at radius 2 is 1.65 bits per heavy atom. The molecular weight excluding hydrogens is 330 g/mol. The first-order valence-electron chi connectivity index (χ1n) is 5.37. The monoisotopic (exact) mass is 337 g/mol. The molecule has 1 nitrogen and oxygen atoms in total. The Labute approximate surface area is 127 Å². The molecule has 2 N–H and O–H groups in total. The zero-order valence-electron chi connectivity index (χ0n) is 9.84. The van der Waals surface area contributed by atoms with Crippen LogP contribution in [0.15, 0.2) is 46.2 Å². The van der Waals surface area contributed by atoms with Crippen molar-refractivity contribution in [2.45, 2.75) is 16.0 Å². The van der Waals surface area contributed by atoms with Crippen molar-refractivity contribution in [3.8, 4) is 0 Å². The number of hydrogen-bond donors (Lipinski definition) is 1. The number of benzene rings is 2. The minimum absolute atomic E-state index is 0.0603. The number of anilines is 1. The van der Waals surface area contributed by atoms with Crippen molar-refractivity contribution in [1.29, 1.82) is 0 Å². The average molecular weight is 338 g/mol. The number of nitrogen functional groups attached to an aromatic ring is 1. The maximum atomic E-state index is 13.0. The summed E-state index contributed by atoms with van der Waals surface area (Å²) in [6.45, 7) is 0. The molecule has 0 spiro atoms. The van der Waals surface area contributed by atoms with E-state index in [1.165, 1.54) is 24.3 Å². The van der Waals surface area contributed by atoms with Crippen molar-refractivity contribution in [2.24, 2.45) is 0 Å². The maximum absolute atomic E-state index is 13.0. The third-order valence-corrected chi connectivity index (χ3v) is 4.23. The highest BCUT2D eigenvalue weighted by Gasteiger charge is 2.33. The molecule has 2 aromatic carbocycles. The molecule has 2 rings (SSSR count). The fourth-order valence-corrected chi connectivity index (χ4v) is 2.88. The van der Waals surface area contributed by atoms with Crippen molar-refractivity contribution in [3.63, 3.8) is 0 Å². The van der Waals surface area contributed by atoms with Crippen LogP contribution in [0.3, 0.4) is 0 Å². The first kappa shape index (κ1) is 15.4. The van der Waals surface area contributed by atoms with Gasteiger partial charge < -0.3 is 5.73 Å². The van der Waals surface area contributed by atoms with Crippen LogP contribution < -0.4 is 5.73 Å². The van der Waals surface area contributed by atoms with E-state index in [4.69, 9.17) is 28.9 Å². The second-order valence-corrected chi connectivity index (χ2v) is 5.86. The van der Waals surface area contributed by atoms with Gasteiger partial charge >= 0.3 is 6.18 Å². The van der Waals surface area contributed by atoms with Crippen LogP contribution >= 0.6 is 35.0 Å². The Kier molecular flexibility index (Phi) is 4.42. The molecule has 2 aromatic rings. The van der Waals surface area contributed by atoms with E-state index in [0.717, 1.165) is 17.8 Å². The van der Waals surface area contributed by atoms with Crippen LogP contribution in [0, 0.1) is 0 Å². The van der Waals surface area contributed by atoms with Crippen molar-refractivity contribution in [3.05, 3.63) is 52.0 Å². The lowest BCUT2D eigenvalue weighted by atomic mass is 10.2. The number of alkyl halides is 3. The molecule has 0 bridgehead atoms. The van der Waals surface area contributed by atoms with E-state index in [2.05, 4.69) is 0 Å². The highest BCUT2D eigenvalue weighted by Crippen LogP contribution is 2.41. The fraction of sp³-hybridized carbons (Fsp3) is 0.0769. The lowest BCUT2D eigenvalue weighted by Gasteiger charge is -2.13. The minimum atomic E-state index is -4.46. The normalized spacial score (nSPS) is 11.7. The molecular formula is C13H8Cl2F3NS. The second-order valence-electron chi connectivity index (χ2n) is 3.93. The third-order valence-electron chi connectivity index (χ3n) is 2.43. The van der Waals surface area contributed by atoms with E-state index >= 15 is 0 Å². The molecule has 0 heterocycles. The molecule has 0 aliphatic heterocycles. The van der Waals surface area contributed by atoms with E-state index in [9.17, 15) is 13.2 Å². The van der Waals surface area contributed by atoms with Gasteiger partial charge in [0.15, 0.2) is 0 Å². The Morgan fingerprint density at radius 1 is 0.950 bits per heavy atom. The summed E-state index contributed by atoms with van der Waals surface area (Å²) in [5.74, 6) is 0. The summed E-state index contributed by atoms with van der Waals surface area (Å²) < 4.78 is 38.9. The van der Waals surface area contributed by atoms with Gasteiger partial charge in [0.05, 0.1) is 15.6 Å². The van der Waals surface area contributed by atoms with Gasteiger partial charge in [-0.3, -0.25) is 0 Å². The topological polar surface area (TPSA) is 26.0 Å². The van der Waals surface area contributed by atoms with E-state index < -0.39 is 11.7 Å². The number of hydrogen-bond acceptors (Lipinski definition) is 2. The van der Waals surface area contributed by atoms with Crippen molar-refractivity contribution in [2.75, 3.05) is 5.73 Å². The summed E-state index contributed by atoms with van der Waals surface area (Å²) in [5, 5.41) is 0.644. The van der Waals surface area contributed by atoms with Crippen molar-refractivity contribution >= 4 is 40.7 Å². The Hall–Kier alpha value is -1.04. The quantitative estimate of drug-likeness (QED) is 0.706. The van der Waals surface area contributed by atoms with Gasteiger partial charge in [0.2, 0.25) is 0 Å². The molecule has 0 aromatic heterocycles. The summed E-state index contributed by atoms with van der Waals surface area (Å²) in [5.41, 5.74) is 4.71. The molecule has 0 amide bonds. The van der Waals surface area contributed by atoms with Gasteiger partial charge in [-0.2, -0.15) is 13.2 Å². The zero-order valence-corrected chi connectivity index (χ0v) is 12.2. The summed E-state index contributed by atoms with van der Waals surface area (Å²) in [6, 6.07) is 8.34. The summed E-state index contributed by atoms with van der Waals surface area (Å²) in [7, 11) is 0. The largest absolute Gasteiger partial charge is 0.417 e. The average Bonchev–Trinajstić information content (AvgIpc) is 2.35. The molecule has 0 fully saturated rings. The third kappa shape index (κ3) is 3.53. The Morgan fingerprint density at radius 3 is 2.25 bits per heavy atom. The van der Waals surface area contributed by atoms with Crippen molar-refractivity contribution < 1.29 is 13.2 Å². The highest BCUT2D eigenvalue weighted by atomic mass is 35.5. The van der Waals surface area contributed by atoms with Gasteiger partial charge in [0.25, 0.3) is 0 Å². The molecule has 0 radical (unpaired) electrons. The van der Waals surface area contributed by atoms with Crippen LogP contribution in [0.5, 0.6) is 0 Å². The summed E-state index contributed by atoms with van der Waals surface area (Å²) in [4.78, 5) is 0.625. The summed E-state index contributed by atoms with van der Waals surface area (Å²) >= 11 is 12.6. The van der Waals surface area contributed by atoms with Crippen LogP contribution in [-0.2, 0) is 6.18 Å². The Balaban J connectivity index is 2.40. The van der Waals surface area contributed by atoms with Crippen LogP contribution in [0.4, 0.5) is 18.9 Å². The van der Waals surface area contributed by atoms with Crippen LogP contribution in [0.25, 0.3) is 0 Å². The standard InChI is InChI=1S/C13H8Cl2F3NS/c14-10-3-2-8(6-11(10)15)20-12-4-1-7(19)5-9(12)13(16,17)18/h1-6H,19H2. The molecule has 0 atom stereocenters. The first-order valence-corrected chi connectivity index (χ1v) is 6.94. The maximum Gasteiger partial charge on any atom is 0.417 e. The highest BCUT2D eigenvalue weighted by molar-refractivity contribution is 7.99. The number of halogens is 5. The van der Waals surface area contributed by atoms with E-state index in [0.29, 0.717) is 14.9 Å². The molecule has 106 valence electrons. The predicted molar refractivity (Wildman–Crippen MR) is 76.4 cm³/mol. The molecule has 0 saturated carbocycles.